The highest BCUT2D eigenvalue weighted by atomic mass is 35.5. The van der Waals surface area contributed by atoms with Gasteiger partial charge in [0.25, 0.3) is 0 Å². The van der Waals surface area contributed by atoms with Gasteiger partial charge < -0.3 is 10.2 Å². The average Bonchev–Trinajstić information content (AvgIpc) is 2.79. The highest BCUT2D eigenvalue weighted by Crippen LogP contribution is 2.20. The molecule has 0 spiro atoms. The smallest absolute Gasteiger partial charge is 0.242 e. The molecule has 2 aromatic rings. The van der Waals surface area contributed by atoms with E-state index in [2.05, 4.69) is 36.5 Å². The third kappa shape index (κ3) is 7.56. The fraction of sp³-hybridized carbons (Fsp3) is 0.462. The SMILES string of the molecule is Cc1ccc(CSCC(=O)N(Cc2cccc(Cl)c2)[C@H](C)C(=O)NC2CCCCC2)cc1. The molecule has 0 unspecified atom stereocenters. The zero-order valence-corrected chi connectivity index (χ0v) is 20.6. The Kier molecular flexibility index (Phi) is 9.49. The number of amides is 2. The van der Waals surface area contributed by atoms with Gasteiger partial charge in [0.1, 0.15) is 6.04 Å². The predicted molar refractivity (Wildman–Crippen MR) is 134 cm³/mol. The van der Waals surface area contributed by atoms with Crippen molar-refractivity contribution in [1.29, 1.82) is 0 Å². The molecular weight excluding hydrogens is 440 g/mol. The predicted octanol–water partition coefficient (Wildman–Crippen LogP) is 5.75. The van der Waals surface area contributed by atoms with Crippen LogP contribution in [-0.2, 0) is 21.9 Å². The molecule has 2 amide bonds. The number of nitrogens with zero attached hydrogens (tertiary/aromatic N) is 1. The highest BCUT2D eigenvalue weighted by Gasteiger charge is 2.28. The van der Waals surface area contributed by atoms with Crippen molar-refractivity contribution in [3.63, 3.8) is 0 Å². The maximum Gasteiger partial charge on any atom is 0.242 e. The number of benzene rings is 2. The van der Waals surface area contributed by atoms with E-state index in [1.54, 1.807) is 16.7 Å². The summed E-state index contributed by atoms with van der Waals surface area (Å²) in [6.07, 6.45) is 5.58. The fourth-order valence-corrected chi connectivity index (χ4v) is 5.09. The first-order chi connectivity index (χ1) is 15.4. The summed E-state index contributed by atoms with van der Waals surface area (Å²) < 4.78 is 0. The van der Waals surface area contributed by atoms with Crippen LogP contribution >= 0.6 is 23.4 Å². The molecule has 1 fully saturated rings. The zero-order valence-electron chi connectivity index (χ0n) is 19.0. The lowest BCUT2D eigenvalue weighted by Crippen LogP contribution is -2.50. The molecule has 32 heavy (non-hydrogen) atoms. The number of thioether (sulfide) groups is 1. The van der Waals surface area contributed by atoms with Gasteiger partial charge in [0.2, 0.25) is 11.8 Å². The second kappa shape index (κ2) is 12.3. The molecule has 3 rings (SSSR count). The van der Waals surface area contributed by atoms with Crippen molar-refractivity contribution in [2.45, 2.75) is 70.3 Å². The van der Waals surface area contributed by atoms with Crippen LogP contribution in [0.1, 0.15) is 55.7 Å². The maximum atomic E-state index is 13.2. The molecule has 1 saturated carbocycles. The number of halogens is 1. The van der Waals surface area contributed by atoms with Gasteiger partial charge in [-0.25, -0.2) is 0 Å². The lowest BCUT2D eigenvalue weighted by molar-refractivity contribution is -0.139. The molecule has 172 valence electrons. The summed E-state index contributed by atoms with van der Waals surface area (Å²) in [7, 11) is 0. The molecule has 1 atom stereocenters. The standard InChI is InChI=1S/C26H33ClN2O2S/c1-19-11-13-21(14-12-19)17-32-18-25(30)29(16-22-7-6-8-23(27)15-22)20(2)26(31)28-24-9-4-3-5-10-24/h6-8,11-15,20,24H,3-5,9-10,16-18H2,1-2H3,(H,28,31)/t20-/m1/s1. The Morgan fingerprint density at radius 3 is 2.50 bits per heavy atom. The minimum absolute atomic E-state index is 0.0339. The largest absolute Gasteiger partial charge is 0.352 e. The maximum absolute atomic E-state index is 13.2. The number of carbonyl (C=O) groups is 2. The van der Waals surface area contributed by atoms with E-state index in [1.807, 2.05) is 31.2 Å². The first-order valence-electron chi connectivity index (χ1n) is 11.4. The van der Waals surface area contributed by atoms with E-state index >= 15 is 0 Å². The van der Waals surface area contributed by atoms with Crippen LogP contribution in [0.5, 0.6) is 0 Å². The molecular formula is C26H33ClN2O2S. The van der Waals surface area contributed by atoms with Crippen LogP contribution in [0.15, 0.2) is 48.5 Å². The summed E-state index contributed by atoms with van der Waals surface area (Å²) in [6, 6.07) is 15.5. The van der Waals surface area contributed by atoms with Crippen LogP contribution in [0.4, 0.5) is 0 Å². The number of hydrogen-bond donors (Lipinski definition) is 1. The Hall–Kier alpha value is -1.98. The summed E-state index contributed by atoms with van der Waals surface area (Å²) in [5.41, 5.74) is 3.34. The minimum Gasteiger partial charge on any atom is -0.352 e. The van der Waals surface area contributed by atoms with E-state index in [4.69, 9.17) is 11.6 Å². The molecule has 1 aliphatic rings. The van der Waals surface area contributed by atoms with Gasteiger partial charge >= 0.3 is 0 Å². The topological polar surface area (TPSA) is 49.4 Å². The summed E-state index contributed by atoms with van der Waals surface area (Å²) in [6.45, 7) is 4.25. The molecule has 1 aliphatic carbocycles. The van der Waals surface area contributed by atoms with Gasteiger partial charge in [0, 0.05) is 23.4 Å². The molecule has 0 radical (unpaired) electrons. The van der Waals surface area contributed by atoms with E-state index in [1.165, 1.54) is 17.5 Å². The van der Waals surface area contributed by atoms with Crippen LogP contribution in [-0.4, -0.2) is 34.6 Å². The molecule has 2 aromatic carbocycles. The lowest BCUT2D eigenvalue weighted by Gasteiger charge is -2.31. The monoisotopic (exact) mass is 472 g/mol. The molecule has 0 bridgehead atoms. The Labute approximate surface area is 201 Å². The molecule has 0 saturated heterocycles. The Balaban J connectivity index is 1.64. The number of hydrogen-bond acceptors (Lipinski definition) is 3. The van der Waals surface area contributed by atoms with Crippen molar-refractivity contribution < 1.29 is 9.59 Å². The van der Waals surface area contributed by atoms with Gasteiger partial charge in [-0.15, -0.1) is 11.8 Å². The number of rotatable bonds is 9. The minimum atomic E-state index is -0.539. The number of carbonyl (C=O) groups excluding carboxylic acids is 2. The van der Waals surface area contributed by atoms with Crippen LogP contribution in [0.25, 0.3) is 0 Å². The van der Waals surface area contributed by atoms with E-state index < -0.39 is 6.04 Å². The quantitative estimate of drug-likeness (QED) is 0.505. The van der Waals surface area contributed by atoms with Crippen LogP contribution in [0.3, 0.4) is 0 Å². The highest BCUT2D eigenvalue weighted by molar-refractivity contribution is 7.99. The molecule has 1 N–H and O–H groups in total. The summed E-state index contributed by atoms with van der Waals surface area (Å²) in [5, 5.41) is 3.80. The van der Waals surface area contributed by atoms with Crippen molar-refractivity contribution in [2.75, 3.05) is 5.75 Å². The van der Waals surface area contributed by atoms with E-state index in [0.717, 1.165) is 37.0 Å². The summed E-state index contributed by atoms with van der Waals surface area (Å²) >= 11 is 7.73. The van der Waals surface area contributed by atoms with Crippen molar-refractivity contribution in [3.05, 3.63) is 70.2 Å². The van der Waals surface area contributed by atoms with E-state index in [9.17, 15) is 9.59 Å². The van der Waals surface area contributed by atoms with Gasteiger partial charge in [-0.2, -0.15) is 0 Å². The molecule has 0 aliphatic heterocycles. The molecule has 4 nitrogen and oxygen atoms in total. The lowest BCUT2D eigenvalue weighted by atomic mass is 9.95. The molecule has 6 heteroatoms. The van der Waals surface area contributed by atoms with Gasteiger partial charge in [-0.05, 0) is 49.9 Å². The number of aryl methyl sites for hydroxylation is 1. The Bertz CT molecular complexity index is 897. The normalized spacial score (nSPS) is 15.2. The molecule has 0 heterocycles. The van der Waals surface area contributed by atoms with Gasteiger partial charge in [0.05, 0.1) is 5.75 Å². The third-order valence-electron chi connectivity index (χ3n) is 5.98. The fourth-order valence-electron chi connectivity index (χ4n) is 4.01. The second-order valence-electron chi connectivity index (χ2n) is 8.65. The van der Waals surface area contributed by atoms with Gasteiger partial charge in [0.15, 0.2) is 0 Å². The van der Waals surface area contributed by atoms with Crippen LogP contribution in [0, 0.1) is 6.92 Å². The Morgan fingerprint density at radius 1 is 1.09 bits per heavy atom. The van der Waals surface area contributed by atoms with Crippen molar-refractivity contribution >= 4 is 35.2 Å². The van der Waals surface area contributed by atoms with Crippen molar-refractivity contribution in [3.8, 4) is 0 Å². The number of nitrogens with one attached hydrogen (secondary N) is 1. The summed E-state index contributed by atoms with van der Waals surface area (Å²) in [4.78, 5) is 27.9. The van der Waals surface area contributed by atoms with Crippen LogP contribution < -0.4 is 5.32 Å². The van der Waals surface area contributed by atoms with Crippen molar-refractivity contribution in [1.82, 2.24) is 10.2 Å². The van der Waals surface area contributed by atoms with Crippen LogP contribution in [0.2, 0.25) is 5.02 Å². The van der Waals surface area contributed by atoms with Crippen molar-refractivity contribution in [2.24, 2.45) is 0 Å². The third-order valence-corrected chi connectivity index (χ3v) is 7.20. The van der Waals surface area contributed by atoms with E-state index in [-0.39, 0.29) is 17.9 Å². The average molecular weight is 473 g/mol. The first kappa shape index (κ1) is 24.7. The second-order valence-corrected chi connectivity index (χ2v) is 10.1. The van der Waals surface area contributed by atoms with Gasteiger partial charge in [-0.1, -0.05) is 72.8 Å². The molecule has 0 aromatic heterocycles. The van der Waals surface area contributed by atoms with E-state index in [0.29, 0.717) is 17.3 Å². The zero-order chi connectivity index (χ0) is 22.9. The first-order valence-corrected chi connectivity index (χ1v) is 12.9. The summed E-state index contributed by atoms with van der Waals surface area (Å²) in [5.74, 6) is 0.985. The van der Waals surface area contributed by atoms with Gasteiger partial charge in [-0.3, -0.25) is 9.59 Å². The Morgan fingerprint density at radius 2 is 1.81 bits per heavy atom.